The Morgan fingerprint density at radius 1 is 1.28 bits per heavy atom. The van der Waals surface area contributed by atoms with Crippen molar-refractivity contribution < 1.29 is 27.6 Å². The zero-order valence-electron chi connectivity index (χ0n) is 13.6. The van der Waals surface area contributed by atoms with Crippen molar-refractivity contribution in [1.29, 1.82) is 0 Å². The van der Waals surface area contributed by atoms with Crippen LogP contribution < -0.4 is 10.6 Å². The first-order chi connectivity index (χ1) is 11.8. The molecule has 1 saturated heterocycles. The van der Waals surface area contributed by atoms with Crippen LogP contribution in [-0.2, 0) is 14.4 Å². The number of hydrogen-bond acceptors (Lipinski definition) is 3. The molecule has 1 heterocycles. The van der Waals surface area contributed by atoms with Crippen molar-refractivity contribution in [3.05, 3.63) is 29.6 Å². The molecule has 1 aliphatic heterocycles. The lowest BCUT2D eigenvalue weighted by atomic mass is 10.2. The molecule has 3 amide bonds. The summed E-state index contributed by atoms with van der Waals surface area (Å²) in [5.41, 5.74) is -0.512. The number of carbonyl (C=O) groups excluding carboxylic acids is 3. The van der Waals surface area contributed by atoms with E-state index in [4.69, 9.17) is 0 Å². The molecule has 0 spiro atoms. The van der Waals surface area contributed by atoms with Gasteiger partial charge in [0.2, 0.25) is 17.7 Å². The maximum absolute atomic E-state index is 13.6. The molecule has 2 N–H and O–H groups in total. The fraction of sp³-hybridized carbons (Fsp3) is 0.438. The van der Waals surface area contributed by atoms with Gasteiger partial charge in [-0.15, -0.1) is 0 Å². The van der Waals surface area contributed by atoms with Gasteiger partial charge in [-0.05, 0) is 25.0 Å². The lowest BCUT2D eigenvalue weighted by Crippen LogP contribution is -2.47. The highest BCUT2D eigenvalue weighted by Crippen LogP contribution is 2.19. The summed E-state index contributed by atoms with van der Waals surface area (Å²) in [6.07, 6.45) is 1.15. The minimum atomic E-state index is -1.69. The van der Waals surface area contributed by atoms with E-state index >= 15 is 0 Å². The first kappa shape index (κ1) is 18.8. The molecule has 1 aromatic rings. The van der Waals surface area contributed by atoms with Gasteiger partial charge in [0.1, 0.15) is 6.04 Å². The van der Waals surface area contributed by atoms with E-state index in [-0.39, 0.29) is 18.9 Å². The third-order valence-electron chi connectivity index (χ3n) is 3.74. The highest BCUT2D eigenvalue weighted by molar-refractivity contribution is 5.97. The number of halogens is 3. The van der Waals surface area contributed by atoms with Crippen molar-refractivity contribution in [3.63, 3.8) is 0 Å². The van der Waals surface area contributed by atoms with Gasteiger partial charge in [-0.3, -0.25) is 14.4 Å². The number of rotatable bonds is 6. The topological polar surface area (TPSA) is 78.5 Å². The van der Waals surface area contributed by atoms with E-state index in [1.54, 1.807) is 6.92 Å². The molecule has 1 aliphatic rings. The van der Waals surface area contributed by atoms with Gasteiger partial charge in [0.05, 0.1) is 12.2 Å². The SMILES string of the molecule is CCCN(CC(=O)Nc1ccc(F)c(F)c1F)C(=O)C1CCC(=O)N1. The Hall–Kier alpha value is -2.58. The number of anilines is 1. The van der Waals surface area contributed by atoms with Gasteiger partial charge in [0.25, 0.3) is 0 Å². The van der Waals surface area contributed by atoms with Crippen molar-refractivity contribution in [2.45, 2.75) is 32.2 Å². The van der Waals surface area contributed by atoms with Crippen molar-refractivity contribution >= 4 is 23.4 Å². The number of nitrogens with one attached hydrogen (secondary N) is 2. The zero-order valence-corrected chi connectivity index (χ0v) is 13.6. The Labute approximate surface area is 142 Å². The van der Waals surface area contributed by atoms with Crippen LogP contribution in [-0.4, -0.2) is 41.8 Å². The minimum absolute atomic E-state index is 0.233. The van der Waals surface area contributed by atoms with Crippen LogP contribution in [0.1, 0.15) is 26.2 Å². The summed E-state index contributed by atoms with van der Waals surface area (Å²) in [4.78, 5) is 36.9. The summed E-state index contributed by atoms with van der Waals surface area (Å²) in [5, 5.41) is 4.64. The average Bonchev–Trinajstić information content (AvgIpc) is 3.01. The van der Waals surface area contributed by atoms with E-state index in [1.165, 1.54) is 4.90 Å². The Balaban J connectivity index is 2.04. The molecular formula is C16H18F3N3O3. The van der Waals surface area contributed by atoms with Crippen LogP contribution in [0.5, 0.6) is 0 Å². The summed E-state index contributed by atoms with van der Waals surface area (Å²) < 4.78 is 39.7. The predicted molar refractivity (Wildman–Crippen MR) is 83.0 cm³/mol. The van der Waals surface area contributed by atoms with E-state index in [0.717, 1.165) is 6.07 Å². The second-order valence-electron chi connectivity index (χ2n) is 5.69. The predicted octanol–water partition coefficient (Wildman–Crippen LogP) is 1.56. The Bertz CT molecular complexity index is 697. The highest BCUT2D eigenvalue weighted by Gasteiger charge is 2.31. The van der Waals surface area contributed by atoms with E-state index in [2.05, 4.69) is 10.6 Å². The smallest absolute Gasteiger partial charge is 0.245 e. The summed E-state index contributed by atoms with van der Waals surface area (Å²) >= 11 is 0. The molecule has 0 aromatic heterocycles. The second-order valence-corrected chi connectivity index (χ2v) is 5.69. The molecule has 136 valence electrons. The van der Waals surface area contributed by atoms with Crippen LogP contribution in [0.3, 0.4) is 0 Å². The Morgan fingerprint density at radius 2 is 2.00 bits per heavy atom. The summed E-state index contributed by atoms with van der Waals surface area (Å²) in [7, 11) is 0. The monoisotopic (exact) mass is 357 g/mol. The van der Waals surface area contributed by atoms with Crippen LogP contribution >= 0.6 is 0 Å². The molecule has 0 saturated carbocycles. The molecule has 25 heavy (non-hydrogen) atoms. The second kappa shape index (κ2) is 8.00. The molecule has 9 heteroatoms. The molecule has 1 aromatic carbocycles. The van der Waals surface area contributed by atoms with Crippen LogP contribution in [0.15, 0.2) is 12.1 Å². The maximum atomic E-state index is 13.6. The fourth-order valence-corrected chi connectivity index (χ4v) is 2.54. The number of hydrogen-bond donors (Lipinski definition) is 2. The first-order valence-electron chi connectivity index (χ1n) is 7.85. The molecule has 2 rings (SSSR count). The highest BCUT2D eigenvalue weighted by atomic mass is 19.2. The minimum Gasteiger partial charge on any atom is -0.344 e. The zero-order chi connectivity index (χ0) is 18.6. The van der Waals surface area contributed by atoms with Crippen molar-refractivity contribution in [3.8, 4) is 0 Å². The van der Waals surface area contributed by atoms with E-state index in [1.807, 2.05) is 0 Å². The van der Waals surface area contributed by atoms with Gasteiger partial charge < -0.3 is 15.5 Å². The lowest BCUT2D eigenvalue weighted by molar-refractivity contribution is -0.137. The van der Waals surface area contributed by atoms with Gasteiger partial charge in [0.15, 0.2) is 17.5 Å². The van der Waals surface area contributed by atoms with Crippen molar-refractivity contribution in [2.75, 3.05) is 18.4 Å². The first-order valence-corrected chi connectivity index (χ1v) is 7.85. The summed E-state index contributed by atoms with van der Waals surface area (Å²) in [5.74, 6) is -5.96. The Morgan fingerprint density at radius 3 is 2.60 bits per heavy atom. The van der Waals surface area contributed by atoms with E-state index < -0.39 is 47.5 Å². The van der Waals surface area contributed by atoms with E-state index in [0.29, 0.717) is 18.9 Å². The van der Waals surface area contributed by atoms with Crippen LogP contribution in [0, 0.1) is 17.5 Å². The normalized spacial score (nSPS) is 16.5. The summed E-state index contributed by atoms with van der Waals surface area (Å²) in [6.45, 7) is 1.68. The molecule has 1 atom stereocenters. The van der Waals surface area contributed by atoms with Gasteiger partial charge in [-0.1, -0.05) is 6.92 Å². The van der Waals surface area contributed by atoms with Gasteiger partial charge >= 0.3 is 0 Å². The van der Waals surface area contributed by atoms with Crippen LogP contribution in [0.25, 0.3) is 0 Å². The van der Waals surface area contributed by atoms with Crippen molar-refractivity contribution in [2.24, 2.45) is 0 Å². The van der Waals surface area contributed by atoms with E-state index in [9.17, 15) is 27.6 Å². The number of nitrogens with zero attached hydrogens (tertiary/aromatic N) is 1. The number of benzene rings is 1. The largest absolute Gasteiger partial charge is 0.344 e. The van der Waals surface area contributed by atoms with Gasteiger partial charge in [-0.2, -0.15) is 0 Å². The summed E-state index contributed by atoms with van der Waals surface area (Å²) in [6, 6.07) is 0.901. The Kier molecular flexibility index (Phi) is 6.00. The van der Waals surface area contributed by atoms with Gasteiger partial charge in [-0.25, -0.2) is 13.2 Å². The van der Waals surface area contributed by atoms with Crippen LogP contribution in [0.2, 0.25) is 0 Å². The standard InChI is InChI=1S/C16H18F3N3O3/c1-2-7-22(16(25)11-5-6-12(23)21-11)8-13(24)20-10-4-3-9(17)14(18)15(10)19/h3-4,11H,2,5-8H2,1H3,(H,20,24)(H,21,23). The average molecular weight is 357 g/mol. The molecule has 6 nitrogen and oxygen atoms in total. The molecule has 0 bridgehead atoms. The van der Waals surface area contributed by atoms with Gasteiger partial charge in [0, 0.05) is 13.0 Å². The molecule has 0 radical (unpaired) electrons. The molecular weight excluding hydrogens is 339 g/mol. The number of amides is 3. The number of carbonyl (C=O) groups is 3. The van der Waals surface area contributed by atoms with Crippen molar-refractivity contribution in [1.82, 2.24) is 10.2 Å². The third-order valence-corrected chi connectivity index (χ3v) is 3.74. The molecule has 0 aliphatic carbocycles. The third kappa shape index (κ3) is 4.49. The molecule has 1 unspecified atom stereocenters. The van der Waals surface area contributed by atoms with Crippen LogP contribution in [0.4, 0.5) is 18.9 Å². The maximum Gasteiger partial charge on any atom is 0.245 e. The fourth-order valence-electron chi connectivity index (χ4n) is 2.54. The quantitative estimate of drug-likeness (QED) is 0.759. The lowest BCUT2D eigenvalue weighted by Gasteiger charge is -2.24. The molecule has 1 fully saturated rings.